The van der Waals surface area contributed by atoms with Crippen LogP contribution in [0.1, 0.15) is 11.1 Å². The molecule has 0 bridgehead atoms. The van der Waals surface area contributed by atoms with Gasteiger partial charge in [-0.1, -0.05) is 24.3 Å². The van der Waals surface area contributed by atoms with Gasteiger partial charge in [-0.2, -0.15) is 5.10 Å². The van der Waals surface area contributed by atoms with Crippen LogP contribution in [-0.4, -0.2) is 20.6 Å². The standard InChI is InChI=1S/C24H19FN4O3/c1-16-7-12-22(21(25)13-16)26-23(30)14-18-15-28(19-5-3-2-4-6-19)27-24(18)17-8-10-20(11-9-17)29(31)32/h2-13,15H,14H2,1H3,(H,26,30). The molecule has 0 saturated heterocycles. The highest BCUT2D eigenvalue weighted by Crippen LogP contribution is 2.27. The normalized spacial score (nSPS) is 10.7. The number of para-hydroxylation sites is 1. The monoisotopic (exact) mass is 430 g/mol. The molecule has 0 unspecified atom stereocenters. The van der Waals surface area contributed by atoms with Gasteiger partial charge in [0, 0.05) is 29.5 Å². The van der Waals surface area contributed by atoms with E-state index in [9.17, 15) is 19.3 Å². The minimum absolute atomic E-state index is 0.0367. The summed E-state index contributed by atoms with van der Waals surface area (Å²) in [5.41, 5.74) is 3.38. The van der Waals surface area contributed by atoms with Crippen molar-refractivity contribution in [1.29, 1.82) is 0 Å². The Labute approximate surface area is 183 Å². The number of hydrogen-bond acceptors (Lipinski definition) is 4. The Bertz CT molecular complexity index is 1280. The third-order valence-electron chi connectivity index (χ3n) is 4.91. The molecule has 0 radical (unpaired) electrons. The third-order valence-corrected chi connectivity index (χ3v) is 4.91. The predicted molar refractivity (Wildman–Crippen MR) is 119 cm³/mol. The Morgan fingerprint density at radius 2 is 1.81 bits per heavy atom. The van der Waals surface area contributed by atoms with Gasteiger partial charge < -0.3 is 5.32 Å². The number of non-ortho nitro benzene ring substituents is 1. The number of carbonyl (C=O) groups is 1. The molecule has 1 amide bonds. The zero-order chi connectivity index (χ0) is 22.7. The van der Waals surface area contributed by atoms with E-state index >= 15 is 0 Å². The van der Waals surface area contributed by atoms with Crippen molar-refractivity contribution in [2.45, 2.75) is 13.3 Å². The van der Waals surface area contributed by atoms with E-state index in [0.29, 0.717) is 16.8 Å². The van der Waals surface area contributed by atoms with Gasteiger partial charge in [0.2, 0.25) is 5.91 Å². The number of halogens is 1. The topological polar surface area (TPSA) is 90.1 Å². The van der Waals surface area contributed by atoms with Crippen LogP contribution < -0.4 is 5.32 Å². The van der Waals surface area contributed by atoms with Crippen LogP contribution in [0.25, 0.3) is 16.9 Å². The first-order valence-electron chi connectivity index (χ1n) is 9.85. The Hall–Kier alpha value is -4.33. The van der Waals surface area contributed by atoms with E-state index in [1.54, 1.807) is 36.0 Å². The van der Waals surface area contributed by atoms with Crippen molar-refractivity contribution in [3.05, 3.63) is 106 Å². The van der Waals surface area contributed by atoms with Gasteiger partial charge in [0.05, 0.1) is 28.4 Å². The first kappa shape index (κ1) is 20.9. The Balaban J connectivity index is 1.67. The summed E-state index contributed by atoms with van der Waals surface area (Å²) in [6, 6.07) is 19.9. The number of aryl methyl sites for hydroxylation is 1. The number of nitro benzene ring substituents is 1. The van der Waals surface area contributed by atoms with Crippen LogP contribution in [0.2, 0.25) is 0 Å². The fourth-order valence-electron chi connectivity index (χ4n) is 3.32. The highest BCUT2D eigenvalue weighted by atomic mass is 19.1. The lowest BCUT2D eigenvalue weighted by atomic mass is 10.1. The summed E-state index contributed by atoms with van der Waals surface area (Å²) in [4.78, 5) is 23.2. The first-order chi connectivity index (χ1) is 15.4. The van der Waals surface area contributed by atoms with Gasteiger partial charge in [-0.05, 0) is 48.9 Å². The molecule has 0 atom stereocenters. The van der Waals surface area contributed by atoms with E-state index in [4.69, 9.17) is 0 Å². The lowest BCUT2D eigenvalue weighted by Crippen LogP contribution is -2.15. The summed E-state index contributed by atoms with van der Waals surface area (Å²) in [7, 11) is 0. The van der Waals surface area contributed by atoms with Crippen molar-refractivity contribution >= 4 is 17.3 Å². The summed E-state index contributed by atoms with van der Waals surface area (Å²) < 4.78 is 15.8. The maximum Gasteiger partial charge on any atom is 0.269 e. The van der Waals surface area contributed by atoms with Gasteiger partial charge >= 0.3 is 0 Å². The maximum atomic E-state index is 14.1. The molecule has 1 heterocycles. The molecular formula is C24H19FN4O3. The third kappa shape index (κ3) is 4.54. The Morgan fingerprint density at radius 1 is 1.09 bits per heavy atom. The number of amides is 1. The molecular weight excluding hydrogens is 411 g/mol. The number of nitrogens with one attached hydrogen (secondary N) is 1. The van der Waals surface area contributed by atoms with Gasteiger partial charge in [0.1, 0.15) is 5.82 Å². The number of hydrogen-bond donors (Lipinski definition) is 1. The van der Waals surface area contributed by atoms with E-state index in [1.807, 2.05) is 30.3 Å². The second kappa shape index (κ2) is 8.81. The van der Waals surface area contributed by atoms with E-state index in [1.165, 1.54) is 24.3 Å². The Kier molecular flexibility index (Phi) is 5.76. The van der Waals surface area contributed by atoms with Crippen LogP contribution in [-0.2, 0) is 11.2 Å². The lowest BCUT2D eigenvalue weighted by Gasteiger charge is -2.07. The number of benzene rings is 3. The molecule has 0 spiro atoms. The van der Waals surface area contributed by atoms with E-state index in [0.717, 1.165) is 11.3 Å². The lowest BCUT2D eigenvalue weighted by molar-refractivity contribution is -0.384. The highest BCUT2D eigenvalue weighted by Gasteiger charge is 2.17. The fraction of sp³-hybridized carbons (Fsp3) is 0.0833. The van der Waals surface area contributed by atoms with E-state index < -0.39 is 16.6 Å². The maximum absolute atomic E-state index is 14.1. The number of anilines is 1. The smallest absolute Gasteiger partial charge is 0.269 e. The van der Waals surface area contributed by atoms with Crippen molar-refractivity contribution in [2.75, 3.05) is 5.32 Å². The minimum atomic E-state index is -0.506. The van der Waals surface area contributed by atoms with Crippen molar-refractivity contribution in [3.63, 3.8) is 0 Å². The molecule has 8 heteroatoms. The van der Waals surface area contributed by atoms with Crippen molar-refractivity contribution in [2.24, 2.45) is 0 Å². The van der Waals surface area contributed by atoms with Crippen LogP contribution in [0.15, 0.2) is 79.0 Å². The molecule has 32 heavy (non-hydrogen) atoms. The average Bonchev–Trinajstić information content (AvgIpc) is 3.20. The zero-order valence-corrected chi connectivity index (χ0v) is 17.2. The van der Waals surface area contributed by atoms with Gasteiger partial charge in [-0.15, -0.1) is 0 Å². The molecule has 1 aromatic heterocycles. The predicted octanol–water partition coefficient (Wildman–Crippen LogP) is 5.08. The van der Waals surface area contributed by atoms with Crippen LogP contribution >= 0.6 is 0 Å². The number of carbonyl (C=O) groups excluding carboxylic acids is 1. The van der Waals surface area contributed by atoms with Gasteiger partial charge in [-0.3, -0.25) is 14.9 Å². The summed E-state index contributed by atoms with van der Waals surface area (Å²) in [5, 5.41) is 18.2. The zero-order valence-electron chi connectivity index (χ0n) is 17.2. The van der Waals surface area contributed by atoms with Crippen molar-refractivity contribution in [3.8, 4) is 16.9 Å². The summed E-state index contributed by atoms with van der Waals surface area (Å²) in [6.07, 6.45) is 1.68. The molecule has 0 aliphatic heterocycles. The first-order valence-corrected chi connectivity index (χ1v) is 9.85. The number of rotatable bonds is 6. The average molecular weight is 430 g/mol. The second-order valence-electron chi connectivity index (χ2n) is 7.30. The molecule has 160 valence electrons. The van der Waals surface area contributed by atoms with Crippen LogP contribution in [0.3, 0.4) is 0 Å². The molecule has 0 aliphatic rings. The quantitative estimate of drug-likeness (QED) is 0.341. The van der Waals surface area contributed by atoms with E-state index in [-0.39, 0.29) is 17.8 Å². The number of nitrogens with zero attached hydrogens (tertiary/aromatic N) is 3. The minimum Gasteiger partial charge on any atom is -0.323 e. The molecule has 7 nitrogen and oxygen atoms in total. The van der Waals surface area contributed by atoms with Gasteiger partial charge in [-0.25, -0.2) is 9.07 Å². The largest absolute Gasteiger partial charge is 0.323 e. The van der Waals surface area contributed by atoms with Crippen LogP contribution in [0.4, 0.5) is 15.8 Å². The number of nitro groups is 1. The molecule has 1 N–H and O–H groups in total. The summed E-state index contributed by atoms with van der Waals surface area (Å²) >= 11 is 0. The molecule has 0 fully saturated rings. The molecule has 0 aliphatic carbocycles. The SMILES string of the molecule is Cc1ccc(NC(=O)Cc2cn(-c3ccccc3)nc2-c2ccc([N+](=O)[O-])cc2)c(F)c1. The van der Waals surface area contributed by atoms with Gasteiger partial charge in [0.15, 0.2) is 0 Å². The van der Waals surface area contributed by atoms with Crippen molar-refractivity contribution in [1.82, 2.24) is 9.78 Å². The molecule has 4 rings (SSSR count). The molecule has 0 saturated carbocycles. The second-order valence-corrected chi connectivity index (χ2v) is 7.30. The summed E-state index contributed by atoms with van der Waals surface area (Å²) in [5.74, 6) is -0.905. The molecule has 3 aromatic carbocycles. The fourth-order valence-corrected chi connectivity index (χ4v) is 3.32. The van der Waals surface area contributed by atoms with E-state index in [2.05, 4.69) is 10.4 Å². The Morgan fingerprint density at radius 3 is 2.47 bits per heavy atom. The van der Waals surface area contributed by atoms with Crippen LogP contribution in [0.5, 0.6) is 0 Å². The van der Waals surface area contributed by atoms with Crippen molar-refractivity contribution < 1.29 is 14.1 Å². The highest BCUT2D eigenvalue weighted by molar-refractivity contribution is 5.93. The van der Waals surface area contributed by atoms with Crippen LogP contribution in [0, 0.1) is 22.9 Å². The molecule has 4 aromatic rings. The van der Waals surface area contributed by atoms with Gasteiger partial charge in [0.25, 0.3) is 5.69 Å². The summed E-state index contributed by atoms with van der Waals surface area (Å²) in [6.45, 7) is 1.77. The number of aromatic nitrogens is 2.